The van der Waals surface area contributed by atoms with Gasteiger partial charge in [0.05, 0.1) is 17.0 Å². The zero-order valence-corrected chi connectivity index (χ0v) is 26.1. The van der Waals surface area contributed by atoms with E-state index in [0.29, 0.717) is 17.1 Å². The number of amides is 2. The highest BCUT2D eigenvalue weighted by molar-refractivity contribution is 7.92. The van der Waals surface area contributed by atoms with Crippen molar-refractivity contribution in [2.45, 2.75) is 51.6 Å². The fraction of sp³-hybridized carbons (Fsp3) is 0.355. The molecule has 7 nitrogen and oxygen atoms in total. The molecule has 0 spiro atoms. The second kappa shape index (κ2) is 15.9. The molecule has 0 aromatic heterocycles. The van der Waals surface area contributed by atoms with Gasteiger partial charge in [0.25, 0.3) is 0 Å². The number of nitrogens with one attached hydrogen (secondary N) is 1. The van der Waals surface area contributed by atoms with Crippen LogP contribution in [0.2, 0.25) is 10.0 Å². The van der Waals surface area contributed by atoms with Gasteiger partial charge in [-0.05, 0) is 54.3 Å². The molecule has 0 aliphatic rings. The molecule has 0 unspecified atom stereocenters. The van der Waals surface area contributed by atoms with E-state index in [0.717, 1.165) is 29.0 Å². The number of hydrogen-bond donors (Lipinski definition) is 1. The number of rotatable bonds is 15. The van der Waals surface area contributed by atoms with Crippen molar-refractivity contribution in [1.82, 2.24) is 10.2 Å². The van der Waals surface area contributed by atoms with Gasteiger partial charge in [0.2, 0.25) is 21.8 Å². The van der Waals surface area contributed by atoms with Crippen LogP contribution in [0.4, 0.5) is 10.1 Å². The lowest BCUT2D eigenvalue weighted by atomic mass is 10.0. The van der Waals surface area contributed by atoms with E-state index in [1.54, 1.807) is 18.2 Å². The zero-order valence-electron chi connectivity index (χ0n) is 23.7. The number of hydrogen-bond acceptors (Lipinski definition) is 4. The van der Waals surface area contributed by atoms with Crippen LogP contribution in [0.25, 0.3) is 0 Å². The molecule has 3 aromatic carbocycles. The number of nitrogens with zero attached hydrogens (tertiary/aromatic N) is 2. The highest BCUT2D eigenvalue weighted by Gasteiger charge is 2.30. The van der Waals surface area contributed by atoms with Crippen LogP contribution < -0.4 is 9.62 Å². The first-order valence-electron chi connectivity index (χ1n) is 13.8. The van der Waals surface area contributed by atoms with Gasteiger partial charge in [0.1, 0.15) is 11.9 Å². The minimum Gasteiger partial charge on any atom is -0.354 e. The van der Waals surface area contributed by atoms with E-state index < -0.39 is 21.9 Å². The molecule has 0 aliphatic carbocycles. The van der Waals surface area contributed by atoms with Crippen molar-refractivity contribution in [2.75, 3.05) is 23.7 Å². The number of anilines is 1. The number of carbonyl (C=O) groups excluding carboxylic acids is 2. The number of benzene rings is 3. The second-order valence-electron chi connectivity index (χ2n) is 10.0. The summed E-state index contributed by atoms with van der Waals surface area (Å²) in [5.74, 6) is -1.03. The molecule has 0 heterocycles. The first-order chi connectivity index (χ1) is 20.0. The van der Waals surface area contributed by atoms with Gasteiger partial charge in [-0.1, -0.05) is 79.0 Å². The molecule has 3 aromatic rings. The van der Waals surface area contributed by atoms with Crippen LogP contribution in [0.5, 0.6) is 0 Å². The second-order valence-corrected chi connectivity index (χ2v) is 12.8. The fourth-order valence-electron chi connectivity index (χ4n) is 4.51. The molecule has 226 valence electrons. The topological polar surface area (TPSA) is 86.8 Å². The van der Waals surface area contributed by atoms with Crippen LogP contribution in [0.1, 0.15) is 43.7 Å². The molecule has 42 heavy (non-hydrogen) atoms. The Bertz CT molecular complexity index is 1440. The Hall–Kier alpha value is -3.14. The normalized spacial score (nSPS) is 12.0. The summed E-state index contributed by atoms with van der Waals surface area (Å²) < 4.78 is 40.1. The number of sulfonamides is 1. The zero-order chi connectivity index (χ0) is 30.7. The smallest absolute Gasteiger partial charge is 0.243 e. The van der Waals surface area contributed by atoms with Gasteiger partial charge in [-0.25, -0.2) is 12.8 Å². The van der Waals surface area contributed by atoms with Crippen LogP contribution in [0, 0.1) is 5.82 Å². The molecule has 0 radical (unpaired) electrons. The molecule has 3 rings (SSSR count). The van der Waals surface area contributed by atoms with Crippen molar-refractivity contribution in [1.29, 1.82) is 0 Å². The van der Waals surface area contributed by atoms with E-state index in [9.17, 15) is 22.4 Å². The summed E-state index contributed by atoms with van der Waals surface area (Å²) in [6.45, 7) is 2.55. The maximum Gasteiger partial charge on any atom is 0.243 e. The third-order valence-corrected chi connectivity index (χ3v) is 8.43. The molecular formula is C31H36Cl2FN3O4S. The average Bonchev–Trinajstić information content (AvgIpc) is 2.95. The van der Waals surface area contributed by atoms with Crippen molar-refractivity contribution >= 4 is 50.7 Å². The fourth-order valence-corrected chi connectivity index (χ4v) is 5.91. The maximum absolute atomic E-state index is 13.8. The largest absolute Gasteiger partial charge is 0.354 e. The highest BCUT2D eigenvalue weighted by Crippen LogP contribution is 2.31. The van der Waals surface area contributed by atoms with Gasteiger partial charge in [0.15, 0.2) is 0 Å². The number of carbonyl (C=O) groups is 2. The quantitative estimate of drug-likeness (QED) is 0.200. The lowest BCUT2D eigenvalue weighted by Gasteiger charge is -2.32. The minimum atomic E-state index is -3.75. The van der Waals surface area contributed by atoms with E-state index >= 15 is 0 Å². The molecule has 2 amide bonds. The predicted octanol–water partition coefficient (Wildman–Crippen LogP) is 6.24. The first kappa shape index (κ1) is 33.4. The van der Waals surface area contributed by atoms with Gasteiger partial charge >= 0.3 is 0 Å². The van der Waals surface area contributed by atoms with E-state index in [4.69, 9.17) is 23.2 Å². The summed E-state index contributed by atoms with van der Waals surface area (Å²) in [7, 11) is -3.75. The Morgan fingerprint density at radius 1 is 0.952 bits per heavy atom. The van der Waals surface area contributed by atoms with E-state index in [1.165, 1.54) is 29.2 Å². The van der Waals surface area contributed by atoms with E-state index in [1.807, 2.05) is 37.3 Å². The third-order valence-electron chi connectivity index (χ3n) is 6.70. The van der Waals surface area contributed by atoms with Gasteiger partial charge < -0.3 is 10.2 Å². The van der Waals surface area contributed by atoms with Crippen LogP contribution in [0.15, 0.2) is 72.8 Å². The third kappa shape index (κ3) is 10.00. The van der Waals surface area contributed by atoms with Crippen molar-refractivity contribution in [3.63, 3.8) is 0 Å². The summed E-state index contributed by atoms with van der Waals surface area (Å²) in [6, 6.07) is 18.9. The Morgan fingerprint density at radius 3 is 2.29 bits per heavy atom. The Kier molecular flexibility index (Phi) is 12.6. The molecular weight excluding hydrogens is 600 g/mol. The van der Waals surface area contributed by atoms with Crippen LogP contribution in [-0.4, -0.2) is 50.5 Å². The van der Waals surface area contributed by atoms with Crippen molar-refractivity contribution in [3.8, 4) is 0 Å². The van der Waals surface area contributed by atoms with E-state index in [2.05, 4.69) is 5.32 Å². The SMILES string of the molecule is CCCCNC(=O)[C@@H](Cc1ccccc1)N(Cc1ccc(F)cc1)C(=O)CCCN(c1cc(Cl)ccc1Cl)S(C)(=O)=O. The van der Waals surface area contributed by atoms with Gasteiger partial charge in [0, 0.05) is 37.5 Å². The molecule has 0 saturated carbocycles. The summed E-state index contributed by atoms with van der Waals surface area (Å²) in [4.78, 5) is 28.8. The summed E-state index contributed by atoms with van der Waals surface area (Å²) >= 11 is 12.4. The Labute approximate surface area is 257 Å². The summed E-state index contributed by atoms with van der Waals surface area (Å²) in [5, 5.41) is 3.48. The molecule has 1 N–H and O–H groups in total. The first-order valence-corrected chi connectivity index (χ1v) is 16.4. The van der Waals surface area contributed by atoms with Gasteiger partial charge in [-0.15, -0.1) is 0 Å². The molecule has 0 bridgehead atoms. The lowest BCUT2D eigenvalue weighted by molar-refractivity contribution is -0.141. The van der Waals surface area contributed by atoms with Crippen molar-refractivity contribution in [2.24, 2.45) is 0 Å². The molecule has 0 saturated heterocycles. The minimum absolute atomic E-state index is 0.0267. The monoisotopic (exact) mass is 635 g/mol. The van der Waals surface area contributed by atoms with Gasteiger partial charge in [-0.3, -0.25) is 13.9 Å². The average molecular weight is 637 g/mol. The standard InChI is InChI=1S/C31H36Cl2FN3O4S/c1-3-4-18-35-31(39)29(20-23-9-6-5-7-10-23)36(22-24-12-15-26(34)16-13-24)30(38)11-8-19-37(42(2,40)41)28-21-25(32)14-17-27(28)33/h5-7,9-10,12-17,21,29H,3-4,8,11,18-20,22H2,1-2H3,(H,35,39)/t29-/m1/s1. The molecule has 1 atom stereocenters. The Balaban J connectivity index is 1.88. The van der Waals surface area contributed by atoms with Crippen molar-refractivity contribution in [3.05, 3.63) is 99.8 Å². The van der Waals surface area contributed by atoms with Crippen LogP contribution in [-0.2, 0) is 32.6 Å². The summed E-state index contributed by atoms with van der Waals surface area (Å²) in [6.07, 6.45) is 3.14. The summed E-state index contributed by atoms with van der Waals surface area (Å²) in [5.41, 5.74) is 1.76. The van der Waals surface area contributed by atoms with Crippen molar-refractivity contribution < 1.29 is 22.4 Å². The molecule has 0 fully saturated rings. The molecule has 11 heteroatoms. The number of unbranched alkanes of at least 4 members (excludes halogenated alkanes) is 1. The Morgan fingerprint density at radius 2 is 1.64 bits per heavy atom. The lowest BCUT2D eigenvalue weighted by Crippen LogP contribution is -2.50. The van der Waals surface area contributed by atoms with Crippen LogP contribution in [0.3, 0.4) is 0 Å². The van der Waals surface area contributed by atoms with E-state index in [-0.39, 0.29) is 54.9 Å². The predicted molar refractivity (Wildman–Crippen MR) is 167 cm³/mol. The van der Waals surface area contributed by atoms with Gasteiger partial charge in [-0.2, -0.15) is 0 Å². The van der Waals surface area contributed by atoms with Crippen LogP contribution >= 0.6 is 23.2 Å². The number of halogens is 3. The molecule has 0 aliphatic heterocycles. The maximum atomic E-state index is 13.8. The highest BCUT2D eigenvalue weighted by atomic mass is 35.5.